The van der Waals surface area contributed by atoms with Crippen molar-refractivity contribution in [3.8, 4) is 17.1 Å². The number of esters is 1. The van der Waals surface area contributed by atoms with Crippen LogP contribution in [0.4, 0.5) is 5.69 Å². The molecular formula is C26H22N2O6S. The number of nitrogens with one attached hydrogen (secondary N) is 1. The maximum Gasteiger partial charge on any atom is 0.331 e. The number of anilines is 1. The van der Waals surface area contributed by atoms with E-state index in [0.717, 1.165) is 5.56 Å². The Morgan fingerprint density at radius 2 is 1.71 bits per heavy atom. The molecule has 0 saturated heterocycles. The van der Waals surface area contributed by atoms with Crippen LogP contribution in [-0.2, 0) is 26.2 Å². The first-order valence-electron chi connectivity index (χ1n) is 10.5. The van der Waals surface area contributed by atoms with E-state index in [4.69, 9.17) is 13.9 Å². The van der Waals surface area contributed by atoms with E-state index in [-0.39, 0.29) is 17.4 Å². The van der Waals surface area contributed by atoms with Crippen molar-refractivity contribution in [2.75, 3.05) is 11.8 Å². The lowest BCUT2D eigenvalue weighted by atomic mass is 10.2. The second-order valence-electron chi connectivity index (χ2n) is 7.33. The summed E-state index contributed by atoms with van der Waals surface area (Å²) in [6.07, 6.45) is 4.36. The van der Waals surface area contributed by atoms with Crippen molar-refractivity contribution in [1.29, 1.82) is 0 Å². The maximum absolute atomic E-state index is 12.6. The highest BCUT2D eigenvalue weighted by molar-refractivity contribution is 7.92. The minimum Gasteiger partial charge on any atom is -0.497 e. The Bertz CT molecular complexity index is 1410. The molecule has 0 aliphatic rings. The average molecular weight is 491 g/mol. The van der Waals surface area contributed by atoms with Gasteiger partial charge in [-0.3, -0.25) is 4.72 Å². The van der Waals surface area contributed by atoms with Crippen LogP contribution in [0.25, 0.3) is 17.4 Å². The van der Waals surface area contributed by atoms with Gasteiger partial charge in [-0.1, -0.05) is 42.5 Å². The molecule has 8 nitrogen and oxygen atoms in total. The van der Waals surface area contributed by atoms with Crippen molar-refractivity contribution in [2.45, 2.75) is 11.5 Å². The number of nitrogens with zero attached hydrogens (tertiary/aromatic N) is 1. The zero-order valence-electron chi connectivity index (χ0n) is 18.7. The minimum atomic E-state index is -3.76. The second kappa shape index (κ2) is 10.7. The first-order valence-corrected chi connectivity index (χ1v) is 12.0. The zero-order chi connectivity index (χ0) is 24.7. The van der Waals surface area contributed by atoms with Crippen LogP contribution in [0.5, 0.6) is 5.75 Å². The Morgan fingerprint density at radius 3 is 2.40 bits per heavy atom. The monoisotopic (exact) mass is 490 g/mol. The molecule has 4 aromatic rings. The van der Waals surface area contributed by atoms with Crippen molar-refractivity contribution >= 4 is 27.8 Å². The smallest absolute Gasteiger partial charge is 0.331 e. The lowest BCUT2D eigenvalue weighted by Gasteiger charge is -2.09. The molecule has 0 aliphatic heterocycles. The molecule has 3 aromatic carbocycles. The summed E-state index contributed by atoms with van der Waals surface area (Å²) >= 11 is 0. The summed E-state index contributed by atoms with van der Waals surface area (Å²) in [4.78, 5) is 16.3. The first-order chi connectivity index (χ1) is 16.9. The Balaban J connectivity index is 1.31. The summed E-state index contributed by atoms with van der Waals surface area (Å²) in [6.45, 7) is -0.107. The van der Waals surface area contributed by atoms with E-state index < -0.39 is 16.0 Å². The van der Waals surface area contributed by atoms with Gasteiger partial charge in [-0.2, -0.15) is 0 Å². The lowest BCUT2D eigenvalue weighted by Crippen LogP contribution is -2.12. The lowest BCUT2D eigenvalue weighted by molar-refractivity contribution is -0.139. The summed E-state index contributed by atoms with van der Waals surface area (Å²) in [6, 6.07) is 22.1. The third-order valence-electron chi connectivity index (χ3n) is 4.89. The highest BCUT2D eigenvalue weighted by Crippen LogP contribution is 2.21. The van der Waals surface area contributed by atoms with Crippen LogP contribution in [0.3, 0.4) is 0 Å². The Labute approximate surface area is 202 Å². The van der Waals surface area contributed by atoms with E-state index in [9.17, 15) is 13.2 Å². The number of hydrogen-bond donors (Lipinski definition) is 1. The molecule has 0 radical (unpaired) electrons. The fraction of sp³-hybridized carbons (Fsp3) is 0.0769. The number of sulfonamides is 1. The summed E-state index contributed by atoms with van der Waals surface area (Å²) < 4.78 is 43.5. The molecule has 1 aromatic heterocycles. The SMILES string of the molecule is COc1ccc(NS(=O)(=O)c2ccc(/C=C/C(=O)OCc3ncc(-c4ccccc4)o3)cc2)cc1. The van der Waals surface area contributed by atoms with Gasteiger partial charge in [-0.05, 0) is 48.0 Å². The second-order valence-corrected chi connectivity index (χ2v) is 9.01. The summed E-state index contributed by atoms with van der Waals surface area (Å²) in [7, 11) is -2.23. The highest BCUT2D eigenvalue weighted by atomic mass is 32.2. The van der Waals surface area contributed by atoms with Crippen molar-refractivity contribution in [3.05, 3.63) is 103 Å². The van der Waals surface area contributed by atoms with Crippen LogP contribution in [0.1, 0.15) is 11.5 Å². The number of hydrogen-bond acceptors (Lipinski definition) is 7. The third-order valence-corrected chi connectivity index (χ3v) is 6.29. The Hall–Kier alpha value is -4.37. The molecule has 1 heterocycles. The fourth-order valence-electron chi connectivity index (χ4n) is 3.09. The zero-order valence-corrected chi connectivity index (χ0v) is 19.6. The van der Waals surface area contributed by atoms with E-state index in [0.29, 0.717) is 22.8 Å². The van der Waals surface area contributed by atoms with Crippen LogP contribution in [0.15, 0.2) is 100 Å². The van der Waals surface area contributed by atoms with Gasteiger partial charge in [0.05, 0.1) is 18.2 Å². The molecule has 1 N–H and O–H groups in total. The molecule has 0 unspecified atom stereocenters. The van der Waals surface area contributed by atoms with Crippen LogP contribution >= 0.6 is 0 Å². The van der Waals surface area contributed by atoms with E-state index in [1.165, 1.54) is 31.4 Å². The van der Waals surface area contributed by atoms with Gasteiger partial charge in [0.2, 0.25) is 5.89 Å². The molecule has 0 bridgehead atoms. The van der Waals surface area contributed by atoms with E-state index >= 15 is 0 Å². The van der Waals surface area contributed by atoms with Gasteiger partial charge in [0.15, 0.2) is 12.4 Å². The van der Waals surface area contributed by atoms with Crippen molar-refractivity contribution in [3.63, 3.8) is 0 Å². The number of carbonyl (C=O) groups excluding carboxylic acids is 1. The summed E-state index contributed by atoms with van der Waals surface area (Å²) in [5.74, 6) is 0.913. The molecule has 0 atom stereocenters. The third kappa shape index (κ3) is 6.36. The van der Waals surface area contributed by atoms with Gasteiger partial charge >= 0.3 is 5.97 Å². The topological polar surface area (TPSA) is 108 Å². The number of aromatic nitrogens is 1. The van der Waals surface area contributed by atoms with Gasteiger partial charge in [-0.25, -0.2) is 18.2 Å². The molecule has 0 fully saturated rings. The predicted molar refractivity (Wildman–Crippen MR) is 131 cm³/mol. The Kier molecular flexibility index (Phi) is 7.27. The molecule has 0 spiro atoms. The van der Waals surface area contributed by atoms with Gasteiger partial charge in [0.25, 0.3) is 10.0 Å². The van der Waals surface area contributed by atoms with Crippen molar-refractivity contribution in [1.82, 2.24) is 4.98 Å². The molecule has 0 saturated carbocycles. The molecule has 35 heavy (non-hydrogen) atoms. The highest BCUT2D eigenvalue weighted by Gasteiger charge is 2.14. The first kappa shape index (κ1) is 23.8. The van der Waals surface area contributed by atoms with Crippen LogP contribution < -0.4 is 9.46 Å². The van der Waals surface area contributed by atoms with Crippen molar-refractivity contribution < 1.29 is 27.1 Å². The Morgan fingerprint density at radius 1 is 1.00 bits per heavy atom. The molecule has 9 heteroatoms. The van der Waals surface area contributed by atoms with E-state index in [1.807, 2.05) is 30.3 Å². The molecule has 4 rings (SSSR count). The van der Waals surface area contributed by atoms with E-state index in [2.05, 4.69) is 9.71 Å². The van der Waals surface area contributed by atoms with Gasteiger partial charge < -0.3 is 13.9 Å². The largest absolute Gasteiger partial charge is 0.497 e. The van der Waals surface area contributed by atoms with Crippen LogP contribution in [0.2, 0.25) is 0 Å². The quantitative estimate of drug-likeness (QED) is 0.262. The predicted octanol–water partition coefficient (Wildman–Crippen LogP) is 4.91. The summed E-state index contributed by atoms with van der Waals surface area (Å²) in [5, 5.41) is 0. The van der Waals surface area contributed by atoms with E-state index in [1.54, 1.807) is 42.6 Å². The minimum absolute atomic E-state index is 0.0890. The number of rotatable bonds is 9. The van der Waals surface area contributed by atoms with Crippen LogP contribution in [0, 0.1) is 0 Å². The number of oxazole rings is 1. The standard InChI is InChI=1S/C26H22N2O6S/c1-32-22-12-10-21(11-13-22)28-35(30,31)23-14-7-19(8-15-23)9-16-26(29)33-18-25-27-17-24(34-25)20-5-3-2-4-6-20/h2-17,28H,18H2,1H3/b16-9+. The maximum atomic E-state index is 12.6. The van der Waals surface area contributed by atoms with Crippen LogP contribution in [-0.4, -0.2) is 26.5 Å². The number of methoxy groups -OCH3 is 1. The fourth-order valence-corrected chi connectivity index (χ4v) is 4.15. The van der Waals surface area contributed by atoms with Crippen molar-refractivity contribution in [2.24, 2.45) is 0 Å². The van der Waals surface area contributed by atoms with Gasteiger partial charge in [-0.15, -0.1) is 0 Å². The molecular weight excluding hydrogens is 468 g/mol. The summed E-state index contributed by atoms with van der Waals surface area (Å²) in [5.41, 5.74) is 1.93. The molecule has 0 aliphatic carbocycles. The molecule has 0 amide bonds. The van der Waals surface area contributed by atoms with Gasteiger partial charge in [0, 0.05) is 17.3 Å². The number of carbonyl (C=O) groups is 1. The number of ether oxygens (including phenoxy) is 2. The van der Waals surface area contributed by atoms with Gasteiger partial charge in [0.1, 0.15) is 5.75 Å². The number of benzene rings is 3. The molecule has 178 valence electrons. The normalized spacial score (nSPS) is 11.3. The average Bonchev–Trinajstić information content (AvgIpc) is 3.36.